The highest BCUT2D eigenvalue weighted by atomic mass is 32.1. The molecule has 0 aromatic carbocycles. The highest BCUT2D eigenvalue weighted by Crippen LogP contribution is 2.26. The fraction of sp³-hybridized carbons (Fsp3) is 0.619. The Balaban J connectivity index is 1.55. The molecule has 2 heterocycles. The quantitative estimate of drug-likeness (QED) is 0.671. The summed E-state index contributed by atoms with van der Waals surface area (Å²) in [6.45, 7) is 7.81. The van der Waals surface area contributed by atoms with Crippen molar-refractivity contribution in [3.05, 3.63) is 26.6 Å². The summed E-state index contributed by atoms with van der Waals surface area (Å²) in [4.78, 5) is 46.2. The monoisotopic (exact) mass is 418 g/mol. The van der Waals surface area contributed by atoms with Crippen LogP contribution in [0.2, 0.25) is 0 Å². The van der Waals surface area contributed by atoms with Crippen LogP contribution in [-0.2, 0) is 16.0 Å². The van der Waals surface area contributed by atoms with E-state index >= 15 is 0 Å². The number of aryl methyl sites for hydroxylation is 3. The van der Waals surface area contributed by atoms with Gasteiger partial charge in [0.1, 0.15) is 10.7 Å². The standard InChI is InChI=1S/C21H30N4O3S/c1-11(2)22-19(27)14-6-5-7-15(10-14)23-17(26)9-8-16-24-20(28)18-12(3)13(4)29-21(18)25-16/h11,14-15H,5-10H2,1-4H3,(H,22,27)(H,23,26)(H,24,25,28). The van der Waals surface area contributed by atoms with Gasteiger partial charge in [-0.05, 0) is 52.5 Å². The average Bonchev–Trinajstić information content (AvgIpc) is 2.94. The smallest absolute Gasteiger partial charge is 0.259 e. The minimum Gasteiger partial charge on any atom is -0.354 e. The van der Waals surface area contributed by atoms with Gasteiger partial charge in [-0.1, -0.05) is 6.42 Å². The van der Waals surface area contributed by atoms with E-state index in [1.807, 2.05) is 27.7 Å². The predicted molar refractivity (Wildman–Crippen MR) is 115 cm³/mol. The first-order valence-corrected chi connectivity index (χ1v) is 11.1. The van der Waals surface area contributed by atoms with Crippen LogP contribution < -0.4 is 16.2 Å². The number of aromatic amines is 1. The van der Waals surface area contributed by atoms with Gasteiger partial charge in [-0.3, -0.25) is 14.4 Å². The second-order valence-corrected chi connectivity index (χ2v) is 9.47. The molecule has 0 saturated heterocycles. The zero-order valence-corrected chi connectivity index (χ0v) is 18.4. The summed E-state index contributed by atoms with van der Waals surface area (Å²) in [6.07, 6.45) is 4.03. The number of carbonyl (C=O) groups excluding carboxylic acids is 2. The lowest BCUT2D eigenvalue weighted by Crippen LogP contribution is -2.43. The Morgan fingerprint density at radius 1 is 1.28 bits per heavy atom. The summed E-state index contributed by atoms with van der Waals surface area (Å²) in [5.74, 6) is 0.510. The maximum Gasteiger partial charge on any atom is 0.259 e. The van der Waals surface area contributed by atoms with Gasteiger partial charge in [0, 0.05) is 35.7 Å². The number of amides is 2. The van der Waals surface area contributed by atoms with E-state index in [0.29, 0.717) is 24.1 Å². The molecule has 2 aromatic heterocycles. The molecule has 8 heteroatoms. The van der Waals surface area contributed by atoms with Gasteiger partial charge < -0.3 is 15.6 Å². The minimum absolute atomic E-state index is 0.0243. The van der Waals surface area contributed by atoms with E-state index < -0.39 is 0 Å². The summed E-state index contributed by atoms with van der Waals surface area (Å²) in [5.41, 5.74) is 0.829. The van der Waals surface area contributed by atoms with Crippen molar-refractivity contribution in [2.24, 2.45) is 5.92 Å². The zero-order valence-electron chi connectivity index (χ0n) is 17.6. The maximum atomic E-state index is 12.4. The van der Waals surface area contributed by atoms with Crippen molar-refractivity contribution in [2.75, 3.05) is 0 Å². The van der Waals surface area contributed by atoms with Crippen molar-refractivity contribution < 1.29 is 9.59 Å². The van der Waals surface area contributed by atoms with Crippen LogP contribution in [-0.4, -0.2) is 33.9 Å². The van der Waals surface area contributed by atoms with Crippen molar-refractivity contribution in [2.45, 2.75) is 78.3 Å². The number of nitrogens with one attached hydrogen (secondary N) is 3. The predicted octanol–water partition coefficient (Wildman–Crippen LogP) is 2.73. The van der Waals surface area contributed by atoms with Crippen LogP contribution in [0.25, 0.3) is 10.2 Å². The van der Waals surface area contributed by atoms with Crippen LogP contribution in [0.1, 0.15) is 62.2 Å². The number of fused-ring (bicyclic) bond motifs is 1. The number of hydrogen-bond acceptors (Lipinski definition) is 5. The van der Waals surface area contributed by atoms with E-state index in [4.69, 9.17) is 0 Å². The molecule has 1 aliphatic rings. The second-order valence-electron chi connectivity index (χ2n) is 8.27. The van der Waals surface area contributed by atoms with E-state index in [1.165, 1.54) is 11.3 Å². The number of aromatic nitrogens is 2. The summed E-state index contributed by atoms with van der Waals surface area (Å²) in [7, 11) is 0. The van der Waals surface area contributed by atoms with Gasteiger partial charge in [-0.2, -0.15) is 0 Å². The van der Waals surface area contributed by atoms with Crippen LogP contribution in [0, 0.1) is 19.8 Å². The van der Waals surface area contributed by atoms with Crippen molar-refractivity contribution in [1.82, 2.24) is 20.6 Å². The molecule has 1 saturated carbocycles. The number of thiophene rings is 1. The number of H-pyrrole nitrogens is 1. The molecular formula is C21H30N4O3S. The van der Waals surface area contributed by atoms with Gasteiger partial charge in [0.05, 0.1) is 5.39 Å². The van der Waals surface area contributed by atoms with E-state index in [9.17, 15) is 14.4 Å². The van der Waals surface area contributed by atoms with Gasteiger partial charge in [-0.15, -0.1) is 11.3 Å². The molecule has 0 bridgehead atoms. The topological polar surface area (TPSA) is 104 Å². The minimum atomic E-state index is -0.140. The SMILES string of the molecule is Cc1sc2nc(CCC(=O)NC3CCCC(C(=O)NC(C)C)C3)[nH]c(=O)c2c1C. The first-order chi connectivity index (χ1) is 13.7. The van der Waals surface area contributed by atoms with Gasteiger partial charge in [-0.25, -0.2) is 4.98 Å². The normalized spacial score (nSPS) is 19.5. The lowest BCUT2D eigenvalue weighted by molar-refractivity contribution is -0.128. The fourth-order valence-electron chi connectivity index (χ4n) is 3.91. The lowest BCUT2D eigenvalue weighted by atomic mass is 9.85. The van der Waals surface area contributed by atoms with E-state index in [0.717, 1.165) is 34.5 Å². The Morgan fingerprint density at radius 3 is 2.76 bits per heavy atom. The molecule has 1 aliphatic carbocycles. The number of carbonyl (C=O) groups is 2. The molecule has 0 spiro atoms. The molecule has 2 aromatic rings. The maximum absolute atomic E-state index is 12.4. The van der Waals surface area contributed by atoms with Crippen LogP contribution >= 0.6 is 11.3 Å². The van der Waals surface area contributed by atoms with Crippen molar-refractivity contribution >= 4 is 33.4 Å². The molecule has 0 aliphatic heterocycles. The summed E-state index contributed by atoms with van der Waals surface area (Å²) < 4.78 is 0. The summed E-state index contributed by atoms with van der Waals surface area (Å²) in [5, 5.41) is 6.67. The van der Waals surface area contributed by atoms with E-state index in [1.54, 1.807) is 0 Å². The number of hydrogen-bond donors (Lipinski definition) is 3. The zero-order chi connectivity index (χ0) is 21.1. The van der Waals surface area contributed by atoms with E-state index in [2.05, 4.69) is 20.6 Å². The third kappa shape index (κ3) is 5.23. The van der Waals surface area contributed by atoms with Crippen molar-refractivity contribution in [3.8, 4) is 0 Å². The Hall–Kier alpha value is -2.22. The first kappa shape index (κ1) is 21.5. The van der Waals surface area contributed by atoms with Crippen LogP contribution in [0.3, 0.4) is 0 Å². The van der Waals surface area contributed by atoms with Gasteiger partial charge in [0.15, 0.2) is 0 Å². The molecule has 2 amide bonds. The van der Waals surface area contributed by atoms with E-state index in [-0.39, 0.29) is 41.8 Å². The van der Waals surface area contributed by atoms with Crippen LogP contribution in [0.4, 0.5) is 0 Å². The first-order valence-electron chi connectivity index (χ1n) is 10.3. The Bertz CT molecular complexity index is 963. The molecule has 3 rings (SSSR count). The van der Waals surface area contributed by atoms with Crippen molar-refractivity contribution in [3.63, 3.8) is 0 Å². The second kappa shape index (κ2) is 9.07. The van der Waals surface area contributed by atoms with Gasteiger partial charge in [0.25, 0.3) is 5.56 Å². The largest absolute Gasteiger partial charge is 0.354 e. The van der Waals surface area contributed by atoms with Crippen molar-refractivity contribution in [1.29, 1.82) is 0 Å². The summed E-state index contributed by atoms with van der Waals surface area (Å²) in [6, 6.07) is 0.150. The molecular weight excluding hydrogens is 388 g/mol. The van der Waals surface area contributed by atoms with Gasteiger partial charge >= 0.3 is 0 Å². The molecule has 1 fully saturated rings. The Kier molecular flexibility index (Phi) is 6.72. The number of nitrogens with zero attached hydrogens (tertiary/aromatic N) is 1. The fourth-order valence-corrected chi connectivity index (χ4v) is 4.96. The number of rotatable bonds is 6. The summed E-state index contributed by atoms with van der Waals surface area (Å²) >= 11 is 1.51. The molecule has 2 atom stereocenters. The molecule has 29 heavy (non-hydrogen) atoms. The lowest BCUT2D eigenvalue weighted by Gasteiger charge is -2.29. The Morgan fingerprint density at radius 2 is 2.03 bits per heavy atom. The molecule has 2 unspecified atom stereocenters. The third-order valence-electron chi connectivity index (χ3n) is 5.52. The third-order valence-corrected chi connectivity index (χ3v) is 6.62. The average molecular weight is 419 g/mol. The molecule has 158 valence electrons. The molecule has 3 N–H and O–H groups in total. The Labute approximate surface area is 174 Å². The molecule has 0 radical (unpaired) electrons. The highest BCUT2D eigenvalue weighted by molar-refractivity contribution is 7.18. The van der Waals surface area contributed by atoms with Gasteiger partial charge in [0.2, 0.25) is 11.8 Å². The highest BCUT2D eigenvalue weighted by Gasteiger charge is 2.28. The molecule has 7 nitrogen and oxygen atoms in total. The van der Waals surface area contributed by atoms with Crippen LogP contribution in [0.5, 0.6) is 0 Å². The van der Waals surface area contributed by atoms with Crippen LogP contribution in [0.15, 0.2) is 4.79 Å².